The standard InChI is InChI=1S/C15H30O3/c1-8-13(17)15(6,7)14(18)11(4)9(2)10(3)12(5)16/h11-14,16-18H,8H2,1-7H3/b10-9+/t11-,12-,13-,14-/m0/s1. The molecule has 4 atom stereocenters. The third-order valence-electron chi connectivity index (χ3n) is 4.41. The molecule has 0 aromatic carbocycles. The summed E-state index contributed by atoms with van der Waals surface area (Å²) in [6.45, 7) is 13.2. The summed E-state index contributed by atoms with van der Waals surface area (Å²) in [5.41, 5.74) is 1.33. The van der Waals surface area contributed by atoms with Gasteiger partial charge in [0.15, 0.2) is 0 Å². The van der Waals surface area contributed by atoms with E-state index < -0.39 is 23.7 Å². The first-order chi connectivity index (χ1) is 8.07. The molecule has 3 N–H and O–H groups in total. The zero-order chi connectivity index (χ0) is 14.7. The van der Waals surface area contributed by atoms with E-state index >= 15 is 0 Å². The first-order valence-corrected chi connectivity index (χ1v) is 6.78. The van der Waals surface area contributed by atoms with Crippen LogP contribution in [-0.4, -0.2) is 33.6 Å². The van der Waals surface area contributed by atoms with Gasteiger partial charge in [0.05, 0.1) is 18.3 Å². The first kappa shape index (κ1) is 17.6. The average Bonchev–Trinajstić information content (AvgIpc) is 2.33. The molecule has 0 fully saturated rings. The van der Waals surface area contributed by atoms with E-state index in [1.807, 2.05) is 41.5 Å². The van der Waals surface area contributed by atoms with Crippen LogP contribution in [0.15, 0.2) is 11.1 Å². The maximum atomic E-state index is 10.5. The molecule has 0 aromatic rings. The van der Waals surface area contributed by atoms with Crippen molar-refractivity contribution in [2.45, 2.75) is 73.2 Å². The van der Waals surface area contributed by atoms with Crippen LogP contribution in [0.1, 0.15) is 54.9 Å². The van der Waals surface area contributed by atoms with E-state index in [4.69, 9.17) is 0 Å². The molecule has 0 amide bonds. The second kappa shape index (κ2) is 6.69. The molecule has 0 rings (SSSR count). The number of aliphatic hydroxyl groups excluding tert-OH is 3. The zero-order valence-corrected chi connectivity index (χ0v) is 12.9. The van der Waals surface area contributed by atoms with E-state index in [9.17, 15) is 15.3 Å². The first-order valence-electron chi connectivity index (χ1n) is 6.78. The highest BCUT2D eigenvalue weighted by molar-refractivity contribution is 5.17. The predicted molar refractivity (Wildman–Crippen MR) is 75.3 cm³/mol. The summed E-state index contributed by atoms with van der Waals surface area (Å²) in [5, 5.41) is 30.1. The summed E-state index contributed by atoms with van der Waals surface area (Å²) in [6.07, 6.45) is -1.05. The number of aliphatic hydroxyl groups is 3. The fraction of sp³-hybridized carbons (Fsp3) is 0.867. The Morgan fingerprint density at radius 3 is 1.78 bits per heavy atom. The van der Waals surface area contributed by atoms with Crippen molar-refractivity contribution in [3.8, 4) is 0 Å². The SMILES string of the molecule is CC[C@H](O)C(C)(C)[C@@H](O)[C@@H](C)/C(C)=C(\C)[C@H](C)O. The summed E-state index contributed by atoms with van der Waals surface area (Å²) >= 11 is 0. The molecule has 0 unspecified atom stereocenters. The van der Waals surface area contributed by atoms with Crippen molar-refractivity contribution in [1.29, 1.82) is 0 Å². The minimum Gasteiger partial charge on any atom is -0.392 e. The van der Waals surface area contributed by atoms with Gasteiger partial charge in [0.1, 0.15) is 0 Å². The van der Waals surface area contributed by atoms with Crippen molar-refractivity contribution < 1.29 is 15.3 Å². The molecule has 0 aliphatic rings. The summed E-state index contributed by atoms with van der Waals surface area (Å²) in [7, 11) is 0. The van der Waals surface area contributed by atoms with Crippen molar-refractivity contribution in [1.82, 2.24) is 0 Å². The highest BCUT2D eigenvalue weighted by Crippen LogP contribution is 2.35. The van der Waals surface area contributed by atoms with Gasteiger partial charge >= 0.3 is 0 Å². The predicted octanol–water partition coefficient (Wildman–Crippen LogP) is 2.50. The van der Waals surface area contributed by atoms with Crippen LogP contribution in [0.3, 0.4) is 0 Å². The van der Waals surface area contributed by atoms with Gasteiger partial charge in [-0.1, -0.05) is 33.3 Å². The Labute approximate surface area is 112 Å². The number of rotatable bonds is 6. The minimum atomic E-state index is -0.638. The van der Waals surface area contributed by atoms with Crippen LogP contribution in [-0.2, 0) is 0 Å². The molecule has 0 aromatic heterocycles. The Hall–Kier alpha value is -0.380. The normalized spacial score (nSPS) is 21.0. The van der Waals surface area contributed by atoms with Crippen LogP contribution in [0, 0.1) is 11.3 Å². The molecule has 0 radical (unpaired) electrons. The van der Waals surface area contributed by atoms with Crippen molar-refractivity contribution >= 4 is 0 Å². The molecule has 0 bridgehead atoms. The third kappa shape index (κ3) is 3.81. The van der Waals surface area contributed by atoms with Crippen molar-refractivity contribution in [3.63, 3.8) is 0 Å². The summed E-state index contributed by atoms with van der Waals surface area (Å²) in [6, 6.07) is 0. The van der Waals surface area contributed by atoms with E-state index in [-0.39, 0.29) is 5.92 Å². The highest BCUT2D eigenvalue weighted by Gasteiger charge is 2.38. The molecule has 0 saturated carbocycles. The third-order valence-corrected chi connectivity index (χ3v) is 4.41. The molecule has 3 heteroatoms. The van der Waals surface area contributed by atoms with E-state index in [0.29, 0.717) is 6.42 Å². The molecular weight excluding hydrogens is 228 g/mol. The fourth-order valence-electron chi connectivity index (χ4n) is 2.29. The molecule has 18 heavy (non-hydrogen) atoms. The Kier molecular flexibility index (Phi) is 6.55. The average molecular weight is 258 g/mol. The second-order valence-electron chi connectivity index (χ2n) is 6.02. The van der Waals surface area contributed by atoms with Crippen molar-refractivity contribution in [3.05, 3.63) is 11.1 Å². The van der Waals surface area contributed by atoms with Crippen molar-refractivity contribution in [2.24, 2.45) is 11.3 Å². The maximum absolute atomic E-state index is 10.5. The summed E-state index contributed by atoms with van der Waals surface area (Å²) in [5.74, 6) is -0.0872. The van der Waals surface area contributed by atoms with Gasteiger partial charge in [-0.15, -0.1) is 0 Å². The molecule has 3 nitrogen and oxygen atoms in total. The van der Waals surface area contributed by atoms with Crippen LogP contribution in [0.2, 0.25) is 0 Å². The van der Waals surface area contributed by atoms with Crippen LogP contribution in [0.4, 0.5) is 0 Å². The van der Waals surface area contributed by atoms with E-state index in [1.165, 1.54) is 0 Å². The smallest absolute Gasteiger partial charge is 0.0721 e. The fourth-order valence-corrected chi connectivity index (χ4v) is 2.29. The molecule has 0 aliphatic heterocycles. The molecule has 108 valence electrons. The minimum absolute atomic E-state index is 0.0872. The van der Waals surface area contributed by atoms with Crippen LogP contribution in [0.25, 0.3) is 0 Å². The van der Waals surface area contributed by atoms with Crippen LogP contribution < -0.4 is 0 Å². The zero-order valence-electron chi connectivity index (χ0n) is 12.9. The van der Waals surface area contributed by atoms with Gasteiger partial charge in [-0.25, -0.2) is 0 Å². The van der Waals surface area contributed by atoms with E-state index in [2.05, 4.69) is 0 Å². The van der Waals surface area contributed by atoms with Gasteiger partial charge in [0, 0.05) is 11.3 Å². The van der Waals surface area contributed by atoms with Gasteiger partial charge in [0.2, 0.25) is 0 Å². The largest absolute Gasteiger partial charge is 0.392 e. The molecule has 0 saturated heterocycles. The Balaban J connectivity index is 5.12. The second-order valence-corrected chi connectivity index (χ2v) is 6.02. The Bertz CT molecular complexity index is 292. The molecular formula is C15H30O3. The van der Waals surface area contributed by atoms with Crippen molar-refractivity contribution in [2.75, 3.05) is 0 Å². The van der Waals surface area contributed by atoms with Crippen LogP contribution in [0.5, 0.6) is 0 Å². The maximum Gasteiger partial charge on any atom is 0.0721 e. The monoisotopic (exact) mass is 258 g/mol. The van der Waals surface area contributed by atoms with Crippen LogP contribution >= 0.6 is 0 Å². The summed E-state index contributed by atoms with van der Waals surface area (Å²) < 4.78 is 0. The lowest BCUT2D eigenvalue weighted by atomic mass is 9.72. The lowest BCUT2D eigenvalue weighted by Crippen LogP contribution is -2.44. The number of hydrogen-bond donors (Lipinski definition) is 3. The molecule has 0 aliphatic carbocycles. The quantitative estimate of drug-likeness (QED) is 0.642. The lowest BCUT2D eigenvalue weighted by molar-refractivity contribution is -0.0656. The highest BCUT2D eigenvalue weighted by atomic mass is 16.3. The molecule has 0 spiro atoms. The van der Waals surface area contributed by atoms with Gasteiger partial charge in [-0.05, 0) is 32.8 Å². The lowest BCUT2D eigenvalue weighted by Gasteiger charge is -2.39. The number of hydrogen-bond acceptors (Lipinski definition) is 3. The van der Waals surface area contributed by atoms with Gasteiger partial charge in [0.25, 0.3) is 0 Å². The molecule has 0 heterocycles. The Morgan fingerprint density at radius 2 is 1.44 bits per heavy atom. The van der Waals surface area contributed by atoms with Gasteiger partial charge < -0.3 is 15.3 Å². The summed E-state index contributed by atoms with van der Waals surface area (Å²) in [4.78, 5) is 0. The topological polar surface area (TPSA) is 60.7 Å². The van der Waals surface area contributed by atoms with E-state index in [1.54, 1.807) is 6.92 Å². The van der Waals surface area contributed by atoms with Gasteiger partial charge in [-0.3, -0.25) is 0 Å². The Morgan fingerprint density at radius 1 is 1.00 bits per heavy atom. The van der Waals surface area contributed by atoms with Gasteiger partial charge in [-0.2, -0.15) is 0 Å². The van der Waals surface area contributed by atoms with E-state index in [0.717, 1.165) is 11.1 Å².